The van der Waals surface area contributed by atoms with Gasteiger partial charge in [-0.05, 0) is 31.0 Å². The molecular weight excluding hydrogens is 230 g/mol. The normalized spacial score (nSPS) is 27.0. The topological polar surface area (TPSA) is 64.5 Å². The lowest BCUT2D eigenvalue weighted by Gasteiger charge is -2.30. The van der Waals surface area contributed by atoms with E-state index in [1.807, 2.05) is 18.2 Å². The first-order chi connectivity index (χ1) is 8.78. The van der Waals surface area contributed by atoms with Crippen molar-refractivity contribution >= 4 is 22.8 Å². The van der Waals surface area contributed by atoms with E-state index < -0.39 is 0 Å². The van der Waals surface area contributed by atoms with Crippen molar-refractivity contribution in [3.8, 4) is 0 Å². The number of nitrogen functional groups attached to an aromatic ring is 1. The van der Waals surface area contributed by atoms with E-state index in [1.165, 1.54) is 0 Å². The fourth-order valence-electron chi connectivity index (χ4n) is 2.84. The lowest BCUT2D eigenvalue weighted by Crippen LogP contribution is -2.42. The zero-order valence-corrected chi connectivity index (χ0v) is 10.0. The number of ether oxygens (including phenoxy) is 1. The van der Waals surface area contributed by atoms with Crippen molar-refractivity contribution < 1.29 is 9.15 Å². The highest BCUT2D eigenvalue weighted by Crippen LogP contribution is 2.31. The number of morpholine rings is 1. The number of hydrogen-bond donors (Lipinski definition) is 1. The van der Waals surface area contributed by atoms with Crippen LogP contribution in [0.2, 0.25) is 0 Å². The average Bonchev–Trinajstić information content (AvgIpc) is 2.92. The van der Waals surface area contributed by atoms with Gasteiger partial charge >= 0.3 is 0 Å². The number of anilines is 2. The van der Waals surface area contributed by atoms with Crippen molar-refractivity contribution in [2.45, 2.75) is 25.0 Å². The Balaban J connectivity index is 1.70. The van der Waals surface area contributed by atoms with Crippen molar-refractivity contribution in [3.63, 3.8) is 0 Å². The maximum absolute atomic E-state index is 5.81. The Hall–Kier alpha value is -1.75. The summed E-state index contributed by atoms with van der Waals surface area (Å²) in [6.07, 6.45) is 2.97. The molecule has 0 aliphatic carbocycles. The number of hydrogen-bond acceptors (Lipinski definition) is 5. The number of nitrogens with two attached hydrogens (primary N) is 1. The van der Waals surface area contributed by atoms with Gasteiger partial charge < -0.3 is 19.8 Å². The highest BCUT2D eigenvalue weighted by atomic mass is 16.5. The molecule has 1 aromatic heterocycles. The molecule has 0 amide bonds. The average molecular weight is 245 g/mol. The van der Waals surface area contributed by atoms with Crippen LogP contribution >= 0.6 is 0 Å². The molecule has 2 aliphatic heterocycles. The molecule has 0 saturated carbocycles. The molecule has 0 spiro atoms. The molecule has 5 nitrogen and oxygen atoms in total. The van der Waals surface area contributed by atoms with Crippen LogP contribution in [0.3, 0.4) is 0 Å². The SMILES string of the molecule is Nc1ccc2oc(N3CC4CCC(C3)O4)nc2c1. The molecule has 1 aromatic carbocycles. The van der Waals surface area contributed by atoms with Gasteiger partial charge in [0, 0.05) is 18.8 Å². The standard InChI is InChI=1S/C13H15N3O2/c14-8-1-4-12-11(5-8)15-13(18-12)16-6-9-2-3-10(7-16)17-9/h1,4-5,9-10H,2-3,6-7,14H2. The third-order valence-corrected chi connectivity index (χ3v) is 3.71. The summed E-state index contributed by atoms with van der Waals surface area (Å²) in [6, 6.07) is 6.24. The number of oxazole rings is 1. The molecule has 4 rings (SSSR count). The summed E-state index contributed by atoms with van der Waals surface area (Å²) in [5, 5.41) is 0. The van der Waals surface area contributed by atoms with Gasteiger partial charge in [0.1, 0.15) is 5.52 Å². The van der Waals surface area contributed by atoms with E-state index in [4.69, 9.17) is 14.9 Å². The summed E-state index contributed by atoms with van der Waals surface area (Å²) in [7, 11) is 0. The third kappa shape index (κ3) is 1.54. The van der Waals surface area contributed by atoms with Crippen molar-refractivity contribution in [1.82, 2.24) is 4.98 Å². The predicted molar refractivity (Wildman–Crippen MR) is 68.5 cm³/mol. The third-order valence-electron chi connectivity index (χ3n) is 3.71. The van der Waals surface area contributed by atoms with E-state index in [2.05, 4.69) is 9.88 Å². The monoisotopic (exact) mass is 245 g/mol. The molecule has 2 aliphatic rings. The molecule has 3 heterocycles. The fourth-order valence-corrected chi connectivity index (χ4v) is 2.84. The highest BCUT2D eigenvalue weighted by Gasteiger charge is 2.35. The van der Waals surface area contributed by atoms with Gasteiger partial charge in [-0.1, -0.05) is 0 Å². The molecule has 0 radical (unpaired) electrons. The summed E-state index contributed by atoms with van der Waals surface area (Å²) >= 11 is 0. The maximum Gasteiger partial charge on any atom is 0.298 e. The minimum Gasteiger partial charge on any atom is -0.423 e. The van der Waals surface area contributed by atoms with Crippen LogP contribution in [0.1, 0.15) is 12.8 Å². The van der Waals surface area contributed by atoms with Crippen LogP contribution in [0.4, 0.5) is 11.7 Å². The van der Waals surface area contributed by atoms with Crippen LogP contribution in [0.15, 0.2) is 22.6 Å². The Labute approximate surface area is 105 Å². The summed E-state index contributed by atoms with van der Waals surface area (Å²) in [5.74, 6) is 0. The number of benzene rings is 1. The van der Waals surface area contributed by atoms with Gasteiger partial charge in [-0.2, -0.15) is 4.98 Å². The molecule has 2 atom stereocenters. The highest BCUT2D eigenvalue weighted by molar-refractivity contribution is 5.78. The molecule has 18 heavy (non-hydrogen) atoms. The van der Waals surface area contributed by atoms with Gasteiger partial charge in [-0.3, -0.25) is 0 Å². The Bertz CT molecular complexity index is 583. The Morgan fingerprint density at radius 3 is 2.78 bits per heavy atom. The molecular formula is C13H15N3O2. The van der Waals surface area contributed by atoms with E-state index in [9.17, 15) is 0 Å². The van der Waals surface area contributed by atoms with Gasteiger partial charge in [0.15, 0.2) is 5.58 Å². The van der Waals surface area contributed by atoms with Gasteiger partial charge in [0.05, 0.1) is 12.2 Å². The second-order valence-corrected chi connectivity index (χ2v) is 5.09. The van der Waals surface area contributed by atoms with Gasteiger partial charge in [0.25, 0.3) is 6.01 Å². The summed E-state index contributed by atoms with van der Waals surface area (Å²) in [6.45, 7) is 1.75. The smallest absolute Gasteiger partial charge is 0.298 e. The quantitative estimate of drug-likeness (QED) is 0.776. The molecule has 2 aromatic rings. The van der Waals surface area contributed by atoms with Crippen molar-refractivity contribution in [2.24, 2.45) is 0 Å². The van der Waals surface area contributed by atoms with Crippen LogP contribution in [-0.2, 0) is 4.74 Å². The number of fused-ring (bicyclic) bond motifs is 3. The number of aromatic nitrogens is 1. The second kappa shape index (κ2) is 3.62. The molecule has 2 N–H and O–H groups in total. The second-order valence-electron chi connectivity index (χ2n) is 5.09. The fraction of sp³-hybridized carbons (Fsp3) is 0.462. The Kier molecular flexibility index (Phi) is 2.05. The van der Waals surface area contributed by atoms with Crippen LogP contribution < -0.4 is 10.6 Å². The molecule has 2 unspecified atom stereocenters. The number of nitrogens with zero attached hydrogens (tertiary/aromatic N) is 2. The Morgan fingerprint density at radius 2 is 2.00 bits per heavy atom. The van der Waals surface area contributed by atoms with Crippen molar-refractivity contribution in [1.29, 1.82) is 0 Å². The van der Waals surface area contributed by atoms with Crippen LogP contribution in [0, 0.1) is 0 Å². The van der Waals surface area contributed by atoms with E-state index in [-0.39, 0.29) is 0 Å². The predicted octanol–water partition coefficient (Wildman–Crippen LogP) is 1.78. The lowest BCUT2D eigenvalue weighted by molar-refractivity contribution is 0.0289. The Morgan fingerprint density at radius 1 is 1.22 bits per heavy atom. The minimum absolute atomic E-state index is 0.337. The largest absolute Gasteiger partial charge is 0.423 e. The van der Waals surface area contributed by atoms with E-state index in [0.29, 0.717) is 23.9 Å². The molecule has 2 fully saturated rings. The van der Waals surface area contributed by atoms with E-state index >= 15 is 0 Å². The molecule has 94 valence electrons. The number of rotatable bonds is 1. The lowest BCUT2D eigenvalue weighted by atomic mass is 10.2. The van der Waals surface area contributed by atoms with Crippen LogP contribution in [0.25, 0.3) is 11.1 Å². The van der Waals surface area contributed by atoms with Crippen molar-refractivity contribution in [2.75, 3.05) is 23.7 Å². The van der Waals surface area contributed by atoms with Crippen molar-refractivity contribution in [3.05, 3.63) is 18.2 Å². The van der Waals surface area contributed by atoms with Gasteiger partial charge in [-0.15, -0.1) is 0 Å². The molecule has 2 bridgehead atoms. The first-order valence-electron chi connectivity index (χ1n) is 6.34. The summed E-state index contributed by atoms with van der Waals surface area (Å²) < 4.78 is 11.6. The maximum atomic E-state index is 5.81. The summed E-state index contributed by atoms with van der Waals surface area (Å²) in [4.78, 5) is 6.70. The minimum atomic E-state index is 0.337. The first kappa shape index (κ1) is 10.2. The van der Waals surface area contributed by atoms with Crippen LogP contribution in [0.5, 0.6) is 0 Å². The summed E-state index contributed by atoms with van der Waals surface area (Å²) in [5.41, 5.74) is 8.08. The van der Waals surface area contributed by atoms with Gasteiger partial charge in [-0.25, -0.2) is 0 Å². The first-order valence-corrected chi connectivity index (χ1v) is 6.34. The molecule has 5 heteroatoms. The molecule has 2 saturated heterocycles. The van der Waals surface area contributed by atoms with E-state index in [0.717, 1.165) is 37.0 Å². The zero-order chi connectivity index (χ0) is 12.1. The van der Waals surface area contributed by atoms with E-state index in [1.54, 1.807) is 0 Å². The zero-order valence-electron chi connectivity index (χ0n) is 10.0. The van der Waals surface area contributed by atoms with Gasteiger partial charge in [0.2, 0.25) is 0 Å². The van der Waals surface area contributed by atoms with Crippen LogP contribution in [-0.4, -0.2) is 30.3 Å².